The van der Waals surface area contributed by atoms with Gasteiger partial charge in [0.25, 0.3) is 0 Å². The highest BCUT2D eigenvalue weighted by molar-refractivity contribution is 5.74. The van der Waals surface area contributed by atoms with Gasteiger partial charge in [0.05, 0.1) is 12.6 Å². The number of aliphatic hydroxyl groups is 1. The molecule has 0 spiro atoms. The molecule has 0 bridgehead atoms. The number of carbonyl (C=O) groups excluding carboxylic acids is 1. The predicted octanol–water partition coefficient (Wildman–Crippen LogP) is 2.86. The number of nitrogens with one attached hydrogen (secondary N) is 1. The lowest BCUT2D eigenvalue weighted by molar-refractivity contribution is 0.173. The number of benzene rings is 1. The van der Waals surface area contributed by atoms with Crippen molar-refractivity contribution in [2.45, 2.75) is 39.7 Å². The Kier molecular flexibility index (Phi) is 7.09. The summed E-state index contributed by atoms with van der Waals surface area (Å²) in [6.07, 6.45) is 1.72. The summed E-state index contributed by atoms with van der Waals surface area (Å²) in [5, 5.41) is 12.1. The van der Waals surface area contributed by atoms with E-state index in [1.54, 1.807) is 4.90 Å². The summed E-state index contributed by atoms with van der Waals surface area (Å²) in [6.45, 7) is 7.17. The molecule has 4 nitrogen and oxygen atoms in total. The van der Waals surface area contributed by atoms with E-state index in [0.29, 0.717) is 13.1 Å². The third kappa shape index (κ3) is 4.85. The fraction of sp³-hybridized carbons (Fsp3) is 0.562. The quantitative estimate of drug-likeness (QED) is 0.806. The number of aryl methyl sites for hydroxylation is 1. The first-order valence-electron chi connectivity index (χ1n) is 7.35. The van der Waals surface area contributed by atoms with Crippen molar-refractivity contribution >= 4 is 6.03 Å². The Balaban J connectivity index is 2.71. The standard InChI is InChI=1S/C16H26N2O2/c1-4-10-18(11-12-19)16(20)17-15(5-2)14-8-6-13(3)7-9-14/h6-9,15,19H,4-5,10-12H2,1-3H3,(H,17,20). The largest absolute Gasteiger partial charge is 0.395 e. The maximum absolute atomic E-state index is 12.2. The maximum atomic E-state index is 12.2. The number of amides is 2. The summed E-state index contributed by atoms with van der Waals surface area (Å²) in [5.41, 5.74) is 2.33. The van der Waals surface area contributed by atoms with E-state index in [-0.39, 0.29) is 18.7 Å². The zero-order valence-electron chi connectivity index (χ0n) is 12.7. The Morgan fingerprint density at radius 2 is 1.90 bits per heavy atom. The topological polar surface area (TPSA) is 52.6 Å². The minimum Gasteiger partial charge on any atom is -0.395 e. The van der Waals surface area contributed by atoms with E-state index in [4.69, 9.17) is 5.11 Å². The zero-order chi connectivity index (χ0) is 15.0. The smallest absolute Gasteiger partial charge is 0.317 e. The summed E-state index contributed by atoms with van der Waals surface area (Å²) < 4.78 is 0. The normalized spacial score (nSPS) is 12.0. The van der Waals surface area contributed by atoms with Gasteiger partial charge in [0.1, 0.15) is 0 Å². The van der Waals surface area contributed by atoms with Gasteiger partial charge in [0.15, 0.2) is 0 Å². The molecule has 2 N–H and O–H groups in total. The second-order valence-corrected chi connectivity index (χ2v) is 5.03. The molecule has 0 saturated carbocycles. The average molecular weight is 278 g/mol. The molecule has 20 heavy (non-hydrogen) atoms. The zero-order valence-corrected chi connectivity index (χ0v) is 12.7. The molecule has 0 fully saturated rings. The Bertz CT molecular complexity index is 397. The van der Waals surface area contributed by atoms with Crippen molar-refractivity contribution in [3.05, 3.63) is 35.4 Å². The van der Waals surface area contributed by atoms with Gasteiger partial charge in [-0.3, -0.25) is 0 Å². The molecular weight excluding hydrogens is 252 g/mol. The van der Waals surface area contributed by atoms with Crippen LogP contribution in [-0.2, 0) is 0 Å². The Hall–Kier alpha value is -1.55. The molecular formula is C16H26N2O2. The van der Waals surface area contributed by atoms with Gasteiger partial charge < -0.3 is 15.3 Å². The number of aliphatic hydroxyl groups excluding tert-OH is 1. The van der Waals surface area contributed by atoms with E-state index < -0.39 is 0 Å². The minimum absolute atomic E-state index is 0.00521. The first-order valence-corrected chi connectivity index (χ1v) is 7.35. The molecule has 1 aromatic carbocycles. The van der Waals surface area contributed by atoms with E-state index in [1.807, 2.05) is 13.8 Å². The molecule has 112 valence electrons. The monoisotopic (exact) mass is 278 g/mol. The third-order valence-electron chi connectivity index (χ3n) is 3.34. The third-order valence-corrected chi connectivity index (χ3v) is 3.34. The number of urea groups is 1. The highest BCUT2D eigenvalue weighted by atomic mass is 16.3. The Morgan fingerprint density at radius 1 is 1.25 bits per heavy atom. The van der Waals surface area contributed by atoms with Gasteiger partial charge >= 0.3 is 6.03 Å². The van der Waals surface area contributed by atoms with Crippen LogP contribution in [0.4, 0.5) is 4.79 Å². The molecule has 1 aromatic rings. The van der Waals surface area contributed by atoms with Gasteiger partial charge in [-0.2, -0.15) is 0 Å². The van der Waals surface area contributed by atoms with Crippen LogP contribution in [0.3, 0.4) is 0 Å². The van der Waals surface area contributed by atoms with Gasteiger partial charge in [0.2, 0.25) is 0 Å². The summed E-state index contributed by atoms with van der Waals surface area (Å²) >= 11 is 0. The minimum atomic E-state index is -0.103. The van der Waals surface area contributed by atoms with Gasteiger partial charge in [-0.25, -0.2) is 4.79 Å². The van der Waals surface area contributed by atoms with Crippen molar-refractivity contribution in [3.63, 3.8) is 0 Å². The van der Waals surface area contributed by atoms with Crippen LogP contribution in [-0.4, -0.2) is 35.7 Å². The number of hydrogen-bond donors (Lipinski definition) is 2. The van der Waals surface area contributed by atoms with Crippen LogP contribution in [0.25, 0.3) is 0 Å². The lowest BCUT2D eigenvalue weighted by Gasteiger charge is -2.25. The summed E-state index contributed by atoms with van der Waals surface area (Å²) in [4.78, 5) is 13.9. The van der Waals surface area contributed by atoms with Crippen molar-refractivity contribution in [1.82, 2.24) is 10.2 Å². The predicted molar refractivity (Wildman–Crippen MR) is 81.7 cm³/mol. The molecule has 4 heteroatoms. The van der Waals surface area contributed by atoms with Gasteiger partial charge in [-0.15, -0.1) is 0 Å². The van der Waals surface area contributed by atoms with E-state index in [2.05, 4.69) is 36.5 Å². The second-order valence-electron chi connectivity index (χ2n) is 5.03. The van der Waals surface area contributed by atoms with Gasteiger partial charge in [0, 0.05) is 13.1 Å². The SMILES string of the molecule is CCCN(CCO)C(=O)NC(CC)c1ccc(C)cc1. The highest BCUT2D eigenvalue weighted by Gasteiger charge is 2.17. The van der Waals surface area contributed by atoms with Crippen LogP contribution >= 0.6 is 0 Å². The van der Waals surface area contributed by atoms with Crippen molar-refractivity contribution in [1.29, 1.82) is 0 Å². The Labute approximate surface area is 121 Å². The van der Waals surface area contributed by atoms with Gasteiger partial charge in [-0.05, 0) is 25.3 Å². The summed E-state index contributed by atoms with van der Waals surface area (Å²) in [7, 11) is 0. The Morgan fingerprint density at radius 3 is 2.40 bits per heavy atom. The van der Waals surface area contributed by atoms with Crippen molar-refractivity contribution < 1.29 is 9.90 Å². The fourth-order valence-electron chi connectivity index (χ4n) is 2.17. The number of nitrogens with zero attached hydrogens (tertiary/aromatic N) is 1. The lowest BCUT2D eigenvalue weighted by Crippen LogP contribution is -2.43. The molecule has 0 aliphatic heterocycles. The molecule has 0 heterocycles. The molecule has 0 aliphatic rings. The molecule has 2 amide bonds. The number of rotatable bonds is 7. The maximum Gasteiger partial charge on any atom is 0.317 e. The van der Waals surface area contributed by atoms with E-state index >= 15 is 0 Å². The molecule has 1 rings (SSSR count). The fourth-order valence-corrected chi connectivity index (χ4v) is 2.17. The van der Waals surface area contributed by atoms with Crippen LogP contribution < -0.4 is 5.32 Å². The molecule has 0 aliphatic carbocycles. The van der Waals surface area contributed by atoms with E-state index in [9.17, 15) is 4.79 Å². The second kappa shape index (κ2) is 8.59. The molecule has 0 radical (unpaired) electrons. The molecule has 1 atom stereocenters. The molecule has 0 saturated heterocycles. The molecule has 0 aromatic heterocycles. The highest BCUT2D eigenvalue weighted by Crippen LogP contribution is 2.17. The summed E-state index contributed by atoms with van der Waals surface area (Å²) in [6, 6.07) is 8.14. The molecule has 1 unspecified atom stereocenters. The van der Waals surface area contributed by atoms with Crippen molar-refractivity contribution in [2.24, 2.45) is 0 Å². The van der Waals surface area contributed by atoms with Crippen LogP contribution in [0, 0.1) is 6.92 Å². The van der Waals surface area contributed by atoms with E-state index in [1.165, 1.54) is 5.56 Å². The van der Waals surface area contributed by atoms with Crippen LogP contribution in [0.15, 0.2) is 24.3 Å². The van der Waals surface area contributed by atoms with E-state index in [0.717, 1.165) is 18.4 Å². The number of carbonyl (C=O) groups is 1. The first-order chi connectivity index (χ1) is 9.62. The lowest BCUT2D eigenvalue weighted by atomic mass is 10.0. The van der Waals surface area contributed by atoms with Crippen LogP contribution in [0.1, 0.15) is 43.9 Å². The van der Waals surface area contributed by atoms with Crippen molar-refractivity contribution in [3.8, 4) is 0 Å². The van der Waals surface area contributed by atoms with Crippen LogP contribution in [0.2, 0.25) is 0 Å². The van der Waals surface area contributed by atoms with Crippen LogP contribution in [0.5, 0.6) is 0 Å². The van der Waals surface area contributed by atoms with Crippen molar-refractivity contribution in [2.75, 3.05) is 19.7 Å². The average Bonchev–Trinajstić information content (AvgIpc) is 2.45. The summed E-state index contributed by atoms with van der Waals surface area (Å²) in [5.74, 6) is 0. The first kappa shape index (κ1) is 16.5. The number of hydrogen-bond acceptors (Lipinski definition) is 2. The van der Waals surface area contributed by atoms with Gasteiger partial charge in [-0.1, -0.05) is 43.7 Å².